The Morgan fingerprint density at radius 2 is 1.63 bits per heavy atom. The van der Waals surface area contributed by atoms with Crippen LogP contribution in [0, 0.1) is 16.0 Å². The molecule has 1 aliphatic heterocycles. The lowest BCUT2D eigenvalue weighted by Gasteiger charge is -2.31. The number of hydrogen-bond acceptors (Lipinski definition) is 5. The monoisotopic (exact) mass is 399 g/mol. The lowest BCUT2D eigenvalue weighted by molar-refractivity contribution is -0.384. The van der Waals surface area contributed by atoms with Crippen LogP contribution in [-0.2, 0) is 11.2 Å². The zero-order valence-electron chi connectivity index (χ0n) is 16.0. The number of Topliss-reactive ketones (excluding diaryl/α,β-unsaturated/α-hetero) is 2. The van der Waals surface area contributed by atoms with Crippen molar-refractivity contribution in [2.45, 2.75) is 12.8 Å². The predicted octanol–water partition coefficient (Wildman–Crippen LogP) is 4.66. The molecule has 1 heterocycles. The molecule has 0 aromatic heterocycles. The van der Waals surface area contributed by atoms with E-state index in [1.807, 2.05) is 30.3 Å². The lowest BCUT2D eigenvalue weighted by Crippen LogP contribution is -2.35. The number of rotatable bonds is 3. The van der Waals surface area contributed by atoms with Crippen molar-refractivity contribution < 1.29 is 19.2 Å². The number of fused-ring (bicyclic) bond motifs is 3. The topological polar surface area (TPSA) is 86.5 Å². The Kier molecular flexibility index (Phi) is 4.20. The standard InChI is InChI=1S/C24H17NO5/c26-23-18-9-10-30-21(11-14-5-7-17(8-6-14)25(28)29)22(18)24(27)20-13-16-4-2-1-3-15(16)12-19(20)23/h1-8,12-13,18H,9-11H2. The number of nitro benzene ring substituents is 1. The molecule has 0 spiro atoms. The maximum atomic E-state index is 13.4. The first-order chi connectivity index (χ1) is 14.5. The van der Waals surface area contributed by atoms with Gasteiger partial charge in [-0.1, -0.05) is 36.4 Å². The number of nitrogens with zero attached hydrogens (tertiary/aromatic N) is 1. The molecule has 1 atom stereocenters. The number of ether oxygens (including phenoxy) is 1. The molecule has 0 N–H and O–H groups in total. The van der Waals surface area contributed by atoms with Gasteiger partial charge in [0.1, 0.15) is 5.76 Å². The molecule has 6 heteroatoms. The molecular formula is C24H17NO5. The van der Waals surface area contributed by atoms with Gasteiger partial charge in [0.15, 0.2) is 11.6 Å². The van der Waals surface area contributed by atoms with E-state index in [1.54, 1.807) is 18.2 Å². The van der Waals surface area contributed by atoms with Gasteiger partial charge < -0.3 is 4.74 Å². The van der Waals surface area contributed by atoms with Gasteiger partial charge in [-0.15, -0.1) is 0 Å². The van der Waals surface area contributed by atoms with Crippen LogP contribution in [0.15, 0.2) is 72.0 Å². The highest BCUT2D eigenvalue weighted by molar-refractivity contribution is 6.25. The SMILES string of the molecule is O=C1C2=C(Cc3ccc([N+](=O)[O-])cc3)OCCC2C(=O)c2cc3ccccc3cc21. The van der Waals surface area contributed by atoms with Gasteiger partial charge in [0, 0.05) is 35.3 Å². The molecule has 3 aromatic rings. The van der Waals surface area contributed by atoms with Crippen LogP contribution in [0.25, 0.3) is 10.8 Å². The van der Waals surface area contributed by atoms with Crippen molar-refractivity contribution in [3.05, 3.63) is 98.8 Å². The number of carbonyl (C=O) groups is 2. The van der Waals surface area contributed by atoms with E-state index >= 15 is 0 Å². The van der Waals surface area contributed by atoms with Crippen LogP contribution in [-0.4, -0.2) is 23.1 Å². The maximum Gasteiger partial charge on any atom is 0.269 e. The van der Waals surface area contributed by atoms with Crippen LogP contribution in [0.2, 0.25) is 0 Å². The minimum Gasteiger partial charge on any atom is -0.497 e. The second kappa shape index (κ2) is 6.91. The second-order valence-corrected chi connectivity index (χ2v) is 7.57. The second-order valence-electron chi connectivity index (χ2n) is 7.57. The summed E-state index contributed by atoms with van der Waals surface area (Å²) in [4.78, 5) is 37.1. The molecule has 6 nitrogen and oxygen atoms in total. The molecule has 2 aliphatic rings. The smallest absolute Gasteiger partial charge is 0.269 e. The molecular weight excluding hydrogens is 382 g/mol. The van der Waals surface area contributed by atoms with E-state index in [1.165, 1.54) is 12.1 Å². The van der Waals surface area contributed by atoms with Gasteiger partial charge in [-0.25, -0.2) is 0 Å². The average molecular weight is 399 g/mol. The number of ketones is 2. The fourth-order valence-corrected chi connectivity index (χ4v) is 4.30. The Morgan fingerprint density at radius 3 is 2.30 bits per heavy atom. The molecule has 1 unspecified atom stereocenters. The fraction of sp³-hybridized carbons (Fsp3) is 0.167. The summed E-state index contributed by atoms with van der Waals surface area (Å²) in [5, 5.41) is 12.7. The van der Waals surface area contributed by atoms with E-state index in [0.717, 1.165) is 16.3 Å². The van der Waals surface area contributed by atoms with Crippen LogP contribution < -0.4 is 0 Å². The molecule has 1 aliphatic carbocycles. The summed E-state index contributed by atoms with van der Waals surface area (Å²) in [5.74, 6) is -0.239. The van der Waals surface area contributed by atoms with Gasteiger partial charge in [0.25, 0.3) is 5.69 Å². The summed E-state index contributed by atoms with van der Waals surface area (Å²) in [6.07, 6.45) is 0.779. The van der Waals surface area contributed by atoms with E-state index in [4.69, 9.17) is 4.74 Å². The minimum absolute atomic E-state index is 0.00330. The van der Waals surface area contributed by atoms with E-state index in [2.05, 4.69) is 0 Å². The van der Waals surface area contributed by atoms with Gasteiger partial charge in [-0.05, 0) is 34.9 Å². The Morgan fingerprint density at radius 1 is 0.967 bits per heavy atom. The number of benzene rings is 3. The molecule has 0 fully saturated rings. The minimum atomic E-state index is -0.507. The third-order valence-corrected chi connectivity index (χ3v) is 5.80. The van der Waals surface area contributed by atoms with Crippen LogP contribution in [0.1, 0.15) is 32.7 Å². The van der Waals surface area contributed by atoms with Gasteiger partial charge in [0.2, 0.25) is 0 Å². The molecule has 0 bridgehead atoms. The first-order valence-corrected chi connectivity index (χ1v) is 9.74. The van der Waals surface area contributed by atoms with Gasteiger partial charge >= 0.3 is 0 Å². The number of nitro groups is 1. The maximum absolute atomic E-state index is 13.4. The Bertz CT molecular complexity index is 1260. The number of hydrogen-bond donors (Lipinski definition) is 0. The van der Waals surface area contributed by atoms with Crippen LogP contribution in [0.4, 0.5) is 5.69 Å². The Labute approximate surface area is 171 Å². The van der Waals surface area contributed by atoms with E-state index in [0.29, 0.717) is 41.9 Å². The van der Waals surface area contributed by atoms with Crippen molar-refractivity contribution in [3.8, 4) is 0 Å². The first kappa shape index (κ1) is 18.2. The van der Waals surface area contributed by atoms with Crippen molar-refractivity contribution in [2.75, 3.05) is 6.61 Å². The molecule has 3 aromatic carbocycles. The number of allylic oxidation sites excluding steroid dienone is 2. The van der Waals surface area contributed by atoms with Crippen molar-refractivity contribution in [3.63, 3.8) is 0 Å². The lowest BCUT2D eigenvalue weighted by atomic mass is 9.74. The highest BCUT2D eigenvalue weighted by atomic mass is 16.6. The number of non-ortho nitro benzene ring substituents is 1. The van der Waals surface area contributed by atoms with Crippen molar-refractivity contribution >= 4 is 28.0 Å². The molecule has 148 valence electrons. The Balaban J connectivity index is 1.59. The zero-order chi connectivity index (χ0) is 20.8. The highest BCUT2D eigenvalue weighted by Gasteiger charge is 2.41. The highest BCUT2D eigenvalue weighted by Crippen LogP contribution is 2.39. The summed E-state index contributed by atoms with van der Waals surface area (Å²) >= 11 is 0. The number of carbonyl (C=O) groups excluding carboxylic acids is 2. The summed E-state index contributed by atoms with van der Waals surface area (Å²) in [7, 11) is 0. The van der Waals surface area contributed by atoms with Crippen LogP contribution >= 0.6 is 0 Å². The van der Waals surface area contributed by atoms with E-state index < -0.39 is 10.8 Å². The fourth-order valence-electron chi connectivity index (χ4n) is 4.30. The van der Waals surface area contributed by atoms with Crippen molar-refractivity contribution in [1.82, 2.24) is 0 Å². The normalized spacial score (nSPS) is 18.1. The van der Waals surface area contributed by atoms with Gasteiger partial charge in [-0.2, -0.15) is 0 Å². The first-order valence-electron chi connectivity index (χ1n) is 9.74. The largest absolute Gasteiger partial charge is 0.497 e. The summed E-state index contributed by atoms with van der Waals surface area (Å²) in [6.45, 7) is 0.360. The van der Waals surface area contributed by atoms with E-state index in [-0.39, 0.29) is 17.3 Å². The summed E-state index contributed by atoms with van der Waals surface area (Å²) < 4.78 is 5.82. The quantitative estimate of drug-likeness (QED) is 0.472. The van der Waals surface area contributed by atoms with E-state index in [9.17, 15) is 19.7 Å². The average Bonchev–Trinajstić information content (AvgIpc) is 2.77. The molecule has 0 saturated carbocycles. The third kappa shape index (κ3) is 2.88. The molecule has 0 saturated heterocycles. The van der Waals surface area contributed by atoms with Gasteiger partial charge in [-0.3, -0.25) is 19.7 Å². The summed E-state index contributed by atoms with van der Waals surface area (Å²) in [6, 6.07) is 17.4. The molecule has 0 radical (unpaired) electrons. The van der Waals surface area contributed by atoms with Crippen molar-refractivity contribution in [2.24, 2.45) is 5.92 Å². The molecule has 30 heavy (non-hydrogen) atoms. The molecule has 5 rings (SSSR count). The zero-order valence-corrected chi connectivity index (χ0v) is 16.0. The summed E-state index contributed by atoms with van der Waals surface area (Å²) in [5.41, 5.74) is 2.10. The van der Waals surface area contributed by atoms with Crippen molar-refractivity contribution in [1.29, 1.82) is 0 Å². The Hall–Kier alpha value is -3.80. The predicted molar refractivity (Wildman–Crippen MR) is 110 cm³/mol. The molecule has 0 amide bonds. The third-order valence-electron chi connectivity index (χ3n) is 5.80. The van der Waals surface area contributed by atoms with Crippen LogP contribution in [0.5, 0.6) is 0 Å². The van der Waals surface area contributed by atoms with Gasteiger partial charge in [0.05, 0.1) is 17.4 Å². The van der Waals surface area contributed by atoms with Crippen LogP contribution in [0.3, 0.4) is 0 Å².